The third kappa shape index (κ3) is 4.73. The maximum absolute atomic E-state index is 14.4. The molecule has 0 spiro atoms. The smallest absolute Gasteiger partial charge is 0.214 e. The van der Waals surface area contributed by atoms with Gasteiger partial charge in [-0.25, -0.2) is 4.39 Å². The first kappa shape index (κ1) is 18.6. The van der Waals surface area contributed by atoms with Crippen molar-refractivity contribution in [2.24, 2.45) is 0 Å². The van der Waals surface area contributed by atoms with E-state index in [0.717, 1.165) is 34.8 Å². The van der Waals surface area contributed by atoms with Crippen LogP contribution in [0, 0.1) is 11.8 Å². The van der Waals surface area contributed by atoms with Gasteiger partial charge in [-0.15, -0.1) is 0 Å². The molecule has 3 aromatic rings. The minimum Gasteiger partial charge on any atom is -0.497 e. The molecule has 0 saturated heterocycles. The molecule has 0 aliphatic rings. The molecule has 2 aromatic carbocycles. The summed E-state index contributed by atoms with van der Waals surface area (Å²) in [6.07, 6.45) is 0. The molecule has 3 rings (SSSR count). The van der Waals surface area contributed by atoms with Crippen molar-refractivity contribution in [3.63, 3.8) is 0 Å². The van der Waals surface area contributed by atoms with Gasteiger partial charge in [0.15, 0.2) is 11.6 Å². The van der Waals surface area contributed by atoms with E-state index in [1.54, 1.807) is 19.1 Å². The minimum absolute atomic E-state index is 0.0263. The van der Waals surface area contributed by atoms with Crippen LogP contribution in [0.3, 0.4) is 0 Å². The van der Waals surface area contributed by atoms with Gasteiger partial charge in [-0.3, -0.25) is 0 Å². The molecular weight excluding hydrogens is 350 g/mol. The molecule has 0 atom stereocenters. The number of methoxy groups -OCH3 is 2. The van der Waals surface area contributed by atoms with Gasteiger partial charge in [0.2, 0.25) is 5.95 Å². The van der Waals surface area contributed by atoms with Crippen LogP contribution in [0.25, 0.3) is 0 Å². The number of rotatable bonds is 7. The summed E-state index contributed by atoms with van der Waals surface area (Å²) in [4.78, 5) is 5.46. The zero-order valence-corrected chi connectivity index (χ0v) is 15.2. The maximum atomic E-state index is 14.4. The van der Waals surface area contributed by atoms with Crippen molar-refractivity contribution in [1.29, 1.82) is 0 Å². The summed E-state index contributed by atoms with van der Waals surface area (Å²) in [7, 11) is 3.19. The van der Waals surface area contributed by atoms with Gasteiger partial charge in [0.25, 0.3) is 0 Å². The molecule has 0 unspecified atom stereocenters. The van der Waals surface area contributed by atoms with E-state index in [9.17, 15) is 8.78 Å². The van der Waals surface area contributed by atoms with E-state index in [4.69, 9.17) is 9.47 Å². The van der Waals surface area contributed by atoms with Crippen molar-refractivity contribution in [3.05, 3.63) is 83.6 Å². The normalized spacial score (nSPS) is 10.5. The fourth-order valence-electron chi connectivity index (χ4n) is 2.74. The second-order valence-corrected chi connectivity index (χ2v) is 5.99. The fourth-order valence-corrected chi connectivity index (χ4v) is 2.74. The van der Waals surface area contributed by atoms with Crippen LogP contribution in [-0.4, -0.2) is 19.2 Å². The number of pyridine rings is 1. The monoisotopic (exact) mass is 370 g/mol. The lowest BCUT2D eigenvalue weighted by Gasteiger charge is -2.24. The van der Waals surface area contributed by atoms with Crippen LogP contribution >= 0.6 is 0 Å². The standard InChI is InChI=1S/C21H20F2N2O2/c1-26-17-7-3-15(4-8-17)13-25(21-19(22)11-12-20(23)24-21)14-16-5-9-18(27-2)10-6-16/h3-12H,13-14H2,1-2H3. The molecule has 6 heteroatoms. The zero-order chi connectivity index (χ0) is 19.2. The summed E-state index contributed by atoms with van der Waals surface area (Å²) >= 11 is 0. The molecular formula is C21H20F2N2O2. The van der Waals surface area contributed by atoms with Gasteiger partial charge in [-0.1, -0.05) is 24.3 Å². The zero-order valence-electron chi connectivity index (χ0n) is 15.2. The summed E-state index contributed by atoms with van der Waals surface area (Å²) in [5, 5.41) is 0. The van der Waals surface area contributed by atoms with Crippen molar-refractivity contribution in [3.8, 4) is 11.5 Å². The molecule has 0 aliphatic heterocycles. The molecule has 0 N–H and O–H groups in total. The van der Waals surface area contributed by atoms with Crippen molar-refractivity contribution >= 4 is 5.82 Å². The SMILES string of the molecule is COc1ccc(CN(Cc2ccc(OC)cc2)c2nc(F)ccc2F)cc1. The Balaban J connectivity index is 1.90. The summed E-state index contributed by atoms with van der Waals surface area (Å²) in [5.41, 5.74) is 1.85. The summed E-state index contributed by atoms with van der Waals surface area (Å²) in [6.45, 7) is 0.729. The average Bonchev–Trinajstić information content (AvgIpc) is 2.70. The number of hydrogen-bond donors (Lipinski definition) is 0. The first-order chi connectivity index (χ1) is 13.1. The number of hydrogen-bond acceptors (Lipinski definition) is 4. The topological polar surface area (TPSA) is 34.6 Å². The molecule has 27 heavy (non-hydrogen) atoms. The van der Waals surface area contributed by atoms with Crippen LogP contribution < -0.4 is 14.4 Å². The van der Waals surface area contributed by atoms with Gasteiger partial charge in [0, 0.05) is 13.1 Å². The molecule has 0 fully saturated rings. The fraction of sp³-hybridized carbons (Fsp3) is 0.190. The van der Waals surface area contributed by atoms with Crippen molar-refractivity contribution in [2.75, 3.05) is 19.1 Å². The Bertz CT molecular complexity index is 834. The molecule has 1 aromatic heterocycles. The molecule has 0 amide bonds. The van der Waals surface area contributed by atoms with Crippen LogP contribution in [0.5, 0.6) is 11.5 Å². The molecule has 0 bridgehead atoms. The first-order valence-corrected chi connectivity index (χ1v) is 8.42. The van der Waals surface area contributed by atoms with Gasteiger partial charge in [-0.05, 0) is 47.5 Å². The lowest BCUT2D eigenvalue weighted by Crippen LogP contribution is -2.24. The van der Waals surface area contributed by atoms with Gasteiger partial charge in [0.1, 0.15) is 11.5 Å². The average molecular weight is 370 g/mol. The molecule has 0 aliphatic carbocycles. The molecule has 1 heterocycles. The van der Waals surface area contributed by atoms with Crippen LogP contribution in [-0.2, 0) is 13.1 Å². The van der Waals surface area contributed by atoms with Gasteiger partial charge >= 0.3 is 0 Å². The van der Waals surface area contributed by atoms with Gasteiger partial charge in [0.05, 0.1) is 14.2 Å². The largest absolute Gasteiger partial charge is 0.497 e. The van der Waals surface area contributed by atoms with Gasteiger partial charge < -0.3 is 14.4 Å². The second kappa shape index (κ2) is 8.49. The Morgan fingerprint density at radius 1 is 0.741 bits per heavy atom. The summed E-state index contributed by atoms with van der Waals surface area (Å²) in [6, 6.07) is 17.0. The van der Waals surface area contributed by atoms with Crippen molar-refractivity contribution < 1.29 is 18.3 Å². The Labute approximate surface area is 157 Å². The Morgan fingerprint density at radius 3 is 1.67 bits per heavy atom. The third-order valence-electron chi connectivity index (χ3n) is 4.16. The Kier molecular flexibility index (Phi) is 5.86. The van der Waals surface area contributed by atoms with E-state index >= 15 is 0 Å². The number of ether oxygens (including phenoxy) is 2. The predicted molar refractivity (Wildman–Crippen MR) is 100 cm³/mol. The lowest BCUT2D eigenvalue weighted by atomic mass is 10.1. The van der Waals surface area contributed by atoms with E-state index in [2.05, 4.69) is 4.98 Å². The number of nitrogens with zero attached hydrogens (tertiary/aromatic N) is 2. The third-order valence-corrected chi connectivity index (χ3v) is 4.16. The van der Waals surface area contributed by atoms with E-state index in [-0.39, 0.29) is 5.82 Å². The van der Waals surface area contributed by atoms with Crippen molar-refractivity contribution in [1.82, 2.24) is 4.98 Å². The number of aromatic nitrogens is 1. The van der Waals surface area contributed by atoms with E-state index < -0.39 is 11.8 Å². The van der Waals surface area contributed by atoms with E-state index in [0.29, 0.717) is 13.1 Å². The van der Waals surface area contributed by atoms with Crippen molar-refractivity contribution in [2.45, 2.75) is 13.1 Å². The highest BCUT2D eigenvalue weighted by Gasteiger charge is 2.16. The molecule has 0 radical (unpaired) electrons. The summed E-state index contributed by atoms with van der Waals surface area (Å²) in [5.74, 6) is 0.145. The van der Waals surface area contributed by atoms with E-state index in [1.165, 1.54) is 0 Å². The summed E-state index contributed by atoms with van der Waals surface area (Å²) < 4.78 is 38.3. The quantitative estimate of drug-likeness (QED) is 0.570. The number of benzene rings is 2. The van der Waals surface area contributed by atoms with Crippen LogP contribution in [0.4, 0.5) is 14.6 Å². The molecule has 0 saturated carbocycles. The van der Waals surface area contributed by atoms with Crippen LogP contribution in [0.1, 0.15) is 11.1 Å². The Hall–Kier alpha value is -3.15. The first-order valence-electron chi connectivity index (χ1n) is 8.42. The van der Waals surface area contributed by atoms with E-state index in [1.807, 2.05) is 48.5 Å². The lowest BCUT2D eigenvalue weighted by molar-refractivity contribution is 0.414. The molecule has 4 nitrogen and oxygen atoms in total. The van der Waals surface area contributed by atoms with Crippen LogP contribution in [0.15, 0.2) is 60.7 Å². The number of anilines is 1. The highest BCUT2D eigenvalue weighted by molar-refractivity contribution is 5.43. The Morgan fingerprint density at radius 2 is 1.22 bits per heavy atom. The second-order valence-electron chi connectivity index (χ2n) is 5.99. The predicted octanol–water partition coefficient (Wildman–Crippen LogP) is 4.58. The minimum atomic E-state index is -0.721. The van der Waals surface area contributed by atoms with Crippen LogP contribution in [0.2, 0.25) is 0 Å². The maximum Gasteiger partial charge on any atom is 0.214 e. The highest BCUT2D eigenvalue weighted by atomic mass is 19.1. The number of halogens is 2. The molecule has 140 valence electrons. The van der Waals surface area contributed by atoms with Gasteiger partial charge in [-0.2, -0.15) is 9.37 Å². The highest BCUT2D eigenvalue weighted by Crippen LogP contribution is 2.23.